The van der Waals surface area contributed by atoms with Gasteiger partial charge in [0.1, 0.15) is 12.1 Å². The van der Waals surface area contributed by atoms with E-state index in [1.165, 1.54) is 4.90 Å². The molecule has 4 rings (SSSR count). The van der Waals surface area contributed by atoms with Crippen molar-refractivity contribution in [3.05, 3.63) is 71.8 Å². The Bertz CT molecular complexity index is 1130. The Labute approximate surface area is 216 Å². The number of aliphatic carboxylic acids is 2. The molecule has 0 aliphatic carbocycles. The van der Waals surface area contributed by atoms with Gasteiger partial charge in [0.2, 0.25) is 5.91 Å². The van der Waals surface area contributed by atoms with Crippen molar-refractivity contribution in [2.24, 2.45) is 5.92 Å². The molecule has 2 aromatic rings. The minimum Gasteiger partial charge on any atom is -0.480 e. The Balaban J connectivity index is 1.47. The molecule has 37 heavy (non-hydrogen) atoms. The molecule has 2 saturated heterocycles. The van der Waals surface area contributed by atoms with Gasteiger partial charge in [-0.25, -0.2) is 4.79 Å². The van der Waals surface area contributed by atoms with Crippen molar-refractivity contribution in [2.75, 3.05) is 13.1 Å². The van der Waals surface area contributed by atoms with Crippen LogP contribution < -0.4 is 5.32 Å². The number of aryl methyl sites for hydroxylation is 1. The van der Waals surface area contributed by atoms with Crippen molar-refractivity contribution < 1.29 is 29.4 Å². The highest BCUT2D eigenvalue weighted by atomic mass is 16.4. The first-order valence-electron chi connectivity index (χ1n) is 12.7. The summed E-state index contributed by atoms with van der Waals surface area (Å²) in [5.41, 5.74) is 1.54. The van der Waals surface area contributed by atoms with Crippen molar-refractivity contribution in [3.8, 4) is 0 Å². The third-order valence-electron chi connectivity index (χ3n) is 7.47. The topological polar surface area (TPSA) is 127 Å². The molecule has 0 aromatic heterocycles. The van der Waals surface area contributed by atoms with Gasteiger partial charge in [-0.2, -0.15) is 0 Å². The molecular weight excluding hydrogens is 474 g/mol. The first-order chi connectivity index (χ1) is 17.8. The van der Waals surface area contributed by atoms with E-state index in [9.17, 15) is 29.4 Å². The molecule has 2 heterocycles. The molecule has 2 aliphatic heterocycles. The van der Waals surface area contributed by atoms with E-state index in [-0.39, 0.29) is 24.8 Å². The van der Waals surface area contributed by atoms with Gasteiger partial charge >= 0.3 is 11.9 Å². The Morgan fingerprint density at radius 3 is 2.27 bits per heavy atom. The van der Waals surface area contributed by atoms with Gasteiger partial charge in [0, 0.05) is 18.7 Å². The molecule has 2 aliphatic rings. The fourth-order valence-corrected chi connectivity index (χ4v) is 5.52. The van der Waals surface area contributed by atoms with Gasteiger partial charge in [0.15, 0.2) is 0 Å². The first-order valence-corrected chi connectivity index (χ1v) is 12.7. The monoisotopic (exact) mass is 507 g/mol. The van der Waals surface area contributed by atoms with Gasteiger partial charge in [-0.05, 0) is 56.2 Å². The highest BCUT2D eigenvalue weighted by molar-refractivity contribution is 5.94. The van der Waals surface area contributed by atoms with Crippen LogP contribution in [0.4, 0.5) is 0 Å². The van der Waals surface area contributed by atoms with E-state index in [0.717, 1.165) is 5.56 Å². The standard InChI is InChI=1S/C28H33N3O6/c1-18(29-22(27(34)35)13-12-19-8-4-2-5-9-19)25(32)31-23(28(36)37)16-21-14-15-30(17-24(21)31)26(33)20-10-6-3-7-11-20/h2-11,18,21-24,29H,12-17H2,1H3,(H,34,35)(H,36,37)/t18-,21+,22+,23+,24-/m0/s1. The summed E-state index contributed by atoms with van der Waals surface area (Å²) in [5.74, 6) is -2.80. The van der Waals surface area contributed by atoms with Gasteiger partial charge in [0.25, 0.3) is 5.91 Å². The highest BCUT2D eigenvalue weighted by Crippen LogP contribution is 2.37. The van der Waals surface area contributed by atoms with Gasteiger partial charge in [-0.1, -0.05) is 48.5 Å². The van der Waals surface area contributed by atoms with Crippen molar-refractivity contribution in [2.45, 2.75) is 56.8 Å². The number of piperidine rings is 1. The minimum atomic E-state index is -1.09. The molecule has 5 atom stereocenters. The number of carbonyl (C=O) groups excluding carboxylic acids is 2. The molecule has 0 bridgehead atoms. The number of hydrogen-bond acceptors (Lipinski definition) is 5. The van der Waals surface area contributed by atoms with Crippen LogP contribution in [0.25, 0.3) is 0 Å². The quantitative estimate of drug-likeness (QED) is 0.475. The van der Waals surface area contributed by atoms with Crippen LogP contribution >= 0.6 is 0 Å². The van der Waals surface area contributed by atoms with Crippen LogP contribution in [0.2, 0.25) is 0 Å². The number of carboxylic acids is 2. The maximum absolute atomic E-state index is 13.6. The number of likely N-dealkylation sites (tertiary alicyclic amines) is 2. The second kappa shape index (κ2) is 11.6. The summed E-state index contributed by atoms with van der Waals surface area (Å²) in [5, 5.41) is 22.6. The van der Waals surface area contributed by atoms with Crippen LogP contribution in [0.5, 0.6) is 0 Å². The number of fused-ring (bicyclic) bond motifs is 1. The fourth-order valence-electron chi connectivity index (χ4n) is 5.52. The van der Waals surface area contributed by atoms with E-state index in [2.05, 4.69) is 5.32 Å². The number of benzene rings is 2. The van der Waals surface area contributed by atoms with Crippen LogP contribution in [0, 0.1) is 5.92 Å². The summed E-state index contributed by atoms with van der Waals surface area (Å²) in [6.45, 7) is 2.32. The lowest BCUT2D eigenvalue weighted by atomic mass is 9.91. The Morgan fingerprint density at radius 2 is 1.65 bits per heavy atom. The van der Waals surface area contributed by atoms with Crippen LogP contribution in [-0.2, 0) is 20.8 Å². The molecule has 2 aromatic carbocycles. The second-order valence-corrected chi connectivity index (χ2v) is 9.87. The Morgan fingerprint density at radius 1 is 1.00 bits per heavy atom. The summed E-state index contributed by atoms with van der Waals surface area (Å²) in [4.78, 5) is 53.8. The molecule has 0 saturated carbocycles. The zero-order chi connectivity index (χ0) is 26.5. The van der Waals surface area contributed by atoms with E-state index in [0.29, 0.717) is 31.4 Å². The largest absolute Gasteiger partial charge is 0.480 e. The first kappa shape index (κ1) is 26.3. The van der Waals surface area contributed by atoms with Gasteiger partial charge < -0.3 is 20.0 Å². The Kier molecular flexibility index (Phi) is 8.23. The Hall–Kier alpha value is -3.72. The van der Waals surface area contributed by atoms with Crippen LogP contribution in [0.15, 0.2) is 60.7 Å². The average Bonchev–Trinajstić information content (AvgIpc) is 3.30. The molecule has 196 valence electrons. The van der Waals surface area contributed by atoms with E-state index in [1.807, 2.05) is 36.4 Å². The minimum absolute atomic E-state index is 0.0366. The van der Waals surface area contributed by atoms with E-state index >= 15 is 0 Å². The van der Waals surface area contributed by atoms with Crippen LogP contribution in [0.3, 0.4) is 0 Å². The maximum Gasteiger partial charge on any atom is 0.326 e. The molecule has 2 fully saturated rings. The van der Waals surface area contributed by atoms with Crippen molar-refractivity contribution in [3.63, 3.8) is 0 Å². The molecule has 0 spiro atoms. The zero-order valence-corrected chi connectivity index (χ0v) is 20.8. The van der Waals surface area contributed by atoms with Crippen LogP contribution in [0.1, 0.15) is 42.1 Å². The van der Waals surface area contributed by atoms with Crippen LogP contribution in [-0.4, -0.2) is 81.0 Å². The summed E-state index contributed by atoms with van der Waals surface area (Å²) >= 11 is 0. The number of rotatable bonds is 9. The molecule has 0 unspecified atom stereocenters. The number of amides is 2. The highest BCUT2D eigenvalue weighted by Gasteiger charge is 2.50. The predicted octanol–water partition coefficient (Wildman–Crippen LogP) is 2.27. The third kappa shape index (κ3) is 5.99. The third-order valence-corrected chi connectivity index (χ3v) is 7.47. The number of hydrogen-bond donors (Lipinski definition) is 3. The number of carbonyl (C=O) groups is 4. The van der Waals surface area contributed by atoms with Gasteiger partial charge in [-0.3, -0.25) is 19.7 Å². The van der Waals surface area contributed by atoms with Crippen molar-refractivity contribution in [1.82, 2.24) is 15.1 Å². The SMILES string of the molecule is C[C@H](N[C@H](CCc1ccccc1)C(=O)O)C(=O)N1[C@@H](C(=O)O)C[C@H]2CCN(C(=O)c3ccccc3)C[C@@H]21. The molecular formula is C28H33N3O6. The molecule has 2 amide bonds. The summed E-state index contributed by atoms with van der Waals surface area (Å²) in [6.07, 6.45) is 1.73. The van der Waals surface area contributed by atoms with Gasteiger partial charge in [-0.15, -0.1) is 0 Å². The molecule has 3 N–H and O–H groups in total. The predicted molar refractivity (Wildman–Crippen MR) is 136 cm³/mol. The smallest absolute Gasteiger partial charge is 0.326 e. The summed E-state index contributed by atoms with van der Waals surface area (Å²) in [7, 11) is 0. The molecule has 0 radical (unpaired) electrons. The van der Waals surface area contributed by atoms with E-state index in [4.69, 9.17) is 0 Å². The fraction of sp³-hybridized carbons (Fsp3) is 0.429. The lowest BCUT2D eigenvalue weighted by Crippen LogP contribution is -2.58. The summed E-state index contributed by atoms with van der Waals surface area (Å²) < 4.78 is 0. The second-order valence-electron chi connectivity index (χ2n) is 9.87. The maximum atomic E-state index is 13.6. The van der Waals surface area contributed by atoms with Crippen molar-refractivity contribution in [1.29, 1.82) is 0 Å². The number of nitrogens with zero attached hydrogens (tertiary/aromatic N) is 2. The zero-order valence-electron chi connectivity index (χ0n) is 20.8. The number of carboxylic acid groups (broad SMARTS) is 2. The lowest BCUT2D eigenvalue weighted by molar-refractivity contribution is -0.151. The van der Waals surface area contributed by atoms with E-state index < -0.39 is 42.0 Å². The lowest BCUT2D eigenvalue weighted by Gasteiger charge is -2.40. The number of nitrogens with one attached hydrogen (secondary N) is 1. The van der Waals surface area contributed by atoms with Gasteiger partial charge in [0.05, 0.1) is 12.1 Å². The van der Waals surface area contributed by atoms with E-state index in [1.54, 1.807) is 36.1 Å². The molecule has 9 nitrogen and oxygen atoms in total. The average molecular weight is 508 g/mol. The van der Waals surface area contributed by atoms with Crippen molar-refractivity contribution >= 4 is 23.8 Å². The summed E-state index contributed by atoms with van der Waals surface area (Å²) in [6, 6.07) is 15.0. The molecule has 9 heteroatoms. The normalized spacial score (nSPS) is 22.7.